The van der Waals surface area contributed by atoms with Crippen molar-refractivity contribution in [2.24, 2.45) is 5.73 Å². The number of nitrogens with zero attached hydrogens (tertiary/aromatic N) is 1. The first kappa shape index (κ1) is 12.1. The second-order valence-electron chi connectivity index (χ2n) is 3.80. The van der Waals surface area contributed by atoms with Gasteiger partial charge in [0.15, 0.2) is 0 Å². The van der Waals surface area contributed by atoms with Gasteiger partial charge in [-0.3, -0.25) is 0 Å². The Labute approximate surface area is 103 Å². The van der Waals surface area contributed by atoms with Crippen molar-refractivity contribution in [1.29, 1.82) is 0 Å². The van der Waals surface area contributed by atoms with Gasteiger partial charge >= 0.3 is 0 Å². The van der Waals surface area contributed by atoms with E-state index in [0.29, 0.717) is 10.1 Å². The molecule has 1 aromatic carbocycles. The first-order valence-corrected chi connectivity index (χ1v) is 6.03. The third-order valence-corrected chi connectivity index (χ3v) is 3.27. The maximum Gasteiger partial charge on any atom is 0.260 e. The minimum Gasteiger partial charge on any atom is -0.439 e. The largest absolute Gasteiger partial charge is 0.439 e. The molecule has 0 saturated carbocycles. The molecule has 0 saturated heterocycles. The normalized spacial score (nSPS) is 12.7. The summed E-state index contributed by atoms with van der Waals surface area (Å²) < 4.78 is 19.0. The lowest BCUT2D eigenvalue weighted by Crippen LogP contribution is -2.07. The van der Waals surface area contributed by atoms with Gasteiger partial charge in [-0.05, 0) is 37.2 Å². The minimum atomic E-state index is -0.305. The van der Waals surface area contributed by atoms with Gasteiger partial charge in [-0.2, -0.15) is 0 Å². The second kappa shape index (κ2) is 4.89. The monoisotopic (exact) mass is 252 g/mol. The van der Waals surface area contributed by atoms with Gasteiger partial charge < -0.3 is 10.2 Å². The smallest absolute Gasteiger partial charge is 0.260 e. The highest BCUT2D eigenvalue weighted by atomic mass is 32.2. The van der Waals surface area contributed by atoms with Gasteiger partial charge in [-0.1, -0.05) is 12.1 Å². The first-order valence-electron chi connectivity index (χ1n) is 5.22. The number of halogens is 1. The highest BCUT2D eigenvalue weighted by molar-refractivity contribution is 7.99. The predicted octanol–water partition coefficient (Wildman–Crippen LogP) is 3.29. The molecule has 2 N–H and O–H groups in total. The lowest BCUT2D eigenvalue weighted by molar-refractivity contribution is 0.453. The molecule has 5 heteroatoms. The Morgan fingerprint density at radius 1 is 1.47 bits per heavy atom. The van der Waals surface area contributed by atoms with Crippen LogP contribution in [0.1, 0.15) is 24.2 Å². The topological polar surface area (TPSA) is 52.0 Å². The van der Waals surface area contributed by atoms with E-state index >= 15 is 0 Å². The molecule has 90 valence electrons. The number of benzene rings is 1. The third-order valence-electron chi connectivity index (χ3n) is 2.28. The summed E-state index contributed by atoms with van der Waals surface area (Å²) in [4.78, 5) is 4.61. The third kappa shape index (κ3) is 2.68. The minimum absolute atomic E-state index is 0.232. The van der Waals surface area contributed by atoms with Gasteiger partial charge in [0.25, 0.3) is 5.22 Å². The summed E-state index contributed by atoms with van der Waals surface area (Å²) in [6.45, 7) is 3.64. The maximum absolute atomic E-state index is 13.8. The number of rotatable bonds is 3. The highest BCUT2D eigenvalue weighted by Crippen LogP contribution is 2.34. The lowest BCUT2D eigenvalue weighted by Gasteiger charge is -2.11. The van der Waals surface area contributed by atoms with Crippen molar-refractivity contribution in [2.75, 3.05) is 0 Å². The van der Waals surface area contributed by atoms with Crippen LogP contribution in [-0.4, -0.2) is 4.98 Å². The Hall–Kier alpha value is -1.33. The van der Waals surface area contributed by atoms with E-state index in [1.807, 2.05) is 19.9 Å². The molecule has 2 rings (SSSR count). The molecule has 1 heterocycles. The molecule has 0 radical (unpaired) electrons. The van der Waals surface area contributed by atoms with E-state index in [0.717, 1.165) is 23.0 Å². The predicted molar refractivity (Wildman–Crippen MR) is 64.4 cm³/mol. The zero-order valence-electron chi connectivity index (χ0n) is 9.61. The molecule has 2 aromatic rings. The molecule has 3 nitrogen and oxygen atoms in total. The number of aryl methyl sites for hydroxylation is 1. The van der Waals surface area contributed by atoms with Gasteiger partial charge in [0.2, 0.25) is 0 Å². The zero-order valence-corrected chi connectivity index (χ0v) is 10.4. The quantitative estimate of drug-likeness (QED) is 0.910. The Bertz CT molecular complexity index is 525. The van der Waals surface area contributed by atoms with Gasteiger partial charge in [-0.15, -0.1) is 0 Å². The average Bonchev–Trinajstić information content (AvgIpc) is 2.67. The number of nitrogens with two attached hydrogens (primary N) is 1. The summed E-state index contributed by atoms with van der Waals surface area (Å²) in [5.74, 6) is -0.305. The van der Waals surface area contributed by atoms with Crippen molar-refractivity contribution in [2.45, 2.75) is 30.0 Å². The summed E-state index contributed by atoms with van der Waals surface area (Å²) in [6.07, 6.45) is 1.54. The molecule has 0 aliphatic carbocycles. The molecular weight excluding hydrogens is 239 g/mol. The van der Waals surface area contributed by atoms with Crippen LogP contribution in [0.2, 0.25) is 0 Å². The molecule has 1 atom stereocenters. The molecule has 1 aromatic heterocycles. The van der Waals surface area contributed by atoms with E-state index in [-0.39, 0.29) is 11.9 Å². The van der Waals surface area contributed by atoms with Crippen molar-refractivity contribution < 1.29 is 8.81 Å². The average molecular weight is 252 g/mol. The number of hydrogen-bond donors (Lipinski definition) is 1. The zero-order chi connectivity index (χ0) is 12.4. The van der Waals surface area contributed by atoms with Crippen LogP contribution >= 0.6 is 11.8 Å². The highest BCUT2D eigenvalue weighted by Gasteiger charge is 2.15. The molecule has 17 heavy (non-hydrogen) atoms. The molecule has 0 fully saturated rings. The van der Waals surface area contributed by atoms with Gasteiger partial charge in [0, 0.05) is 6.04 Å². The van der Waals surface area contributed by atoms with E-state index in [2.05, 4.69) is 4.98 Å². The van der Waals surface area contributed by atoms with E-state index in [4.69, 9.17) is 10.2 Å². The summed E-state index contributed by atoms with van der Waals surface area (Å²) in [6, 6.07) is 4.64. The maximum atomic E-state index is 13.8. The van der Waals surface area contributed by atoms with E-state index < -0.39 is 0 Å². The summed E-state index contributed by atoms with van der Waals surface area (Å²) in [7, 11) is 0. The number of aromatic nitrogens is 1. The lowest BCUT2D eigenvalue weighted by atomic mass is 10.1. The fourth-order valence-electron chi connectivity index (χ4n) is 1.46. The van der Waals surface area contributed by atoms with Crippen LogP contribution in [0.3, 0.4) is 0 Å². The molecule has 0 amide bonds. The fraction of sp³-hybridized carbons (Fsp3) is 0.250. The Kier molecular flexibility index (Phi) is 3.49. The van der Waals surface area contributed by atoms with Crippen LogP contribution in [-0.2, 0) is 0 Å². The van der Waals surface area contributed by atoms with E-state index in [1.54, 1.807) is 6.07 Å². The molecule has 1 unspecified atom stereocenters. The summed E-state index contributed by atoms with van der Waals surface area (Å²) >= 11 is 1.16. The van der Waals surface area contributed by atoms with Crippen molar-refractivity contribution in [3.8, 4) is 0 Å². The first-order chi connectivity index (χ1) is 8.08. The van der Waals surface area contributed by atoms with E-state index in [1.165, 1.54) is 12.3 Å². The Morgan fingerprint density at radius 3 is 2.82 bits per heavy atom. The second-order valence-corrected chi connectivity index (χ2v) is 4.77. The number of oxazole rings is 1. The molecule has 0 bridgehead atoms. The van der Waals surface area contributed by atoms with Crippen LogP contribution in [0, 0.1) is 12.7 Å². The SMILES string of the molecule is Cc1coc(Sc2c(F)cccc2C(C)N)n1. The fourth-order valence-corrected chi connectivity index (χ4v) is 2.46. The summed E-state index contributed by atoms with van der Waals surface area (Å²) in [5.41, 5.74) is 7.34. The molecule has 0 aliphatic heterocycles. The summed E-state index contributed by atoms with van der Waals surface area (Å²) in [5, 5.41) is 0.425. The van der Waals surface area contributed by atoms with Gasteiger partial charge in [0.1, 0.15) is 12.1 Å². The van der Waals surface area contributed by atoms with Crippen LogP contribution in [0.15, 0.2) is 39.0 Å². The van der Waals surface area contributed by atoms with Crippen LogP contribution in [0.4, 0.5) is 4.39 Å². The Morgan fingerprint density at radius 2 is 2.24 bits per heavy atom. The van der Waals surface area contributed by atoms with E-state index in [9.17, 15) is 4.39 Å². The van der Waals surface area contributed by atoms with Gasteiger partial charge in [-0.25, -0.2) is 9.37 Å². The Balaban J connectivity index is 2.37. The van der Waals surface area contributed by atoms with Crippen molar-refractivity contribution in [3.05, 3.63) is 41.5 Å². The van der Waals surface area contributed by atoms with Crippen molar-refractivity contribution in [1.82, 2.24) is 4.98 Å². The van der Waals surface area contributed by atoms with Crippen molar-refractivity contribution >= 4 is 11.8 Å². The van der Waals surface area contributed by atoms with Crippen LogP contribution in [0.25, 0.3) is 0 Å². The van der Waals surface area contributed by atoms with Crippen LogP contribution < -0.4 is 5.73 Å². The van der Waals surface area contributed by atoms with Crippen LogP contribution in [0.5, 0.6) is 0 Å². The molecular formula is C12H13FN2OS. The molecule has 0 aliphatic rings. The number of hydrogen-bond acceptors (Lipinski definition) is 4. The van der Waals surface area contributed by atoms with Crippen molar-refractivity contribution in [3.63, 3.8) is 0 Å². The standard InChI is InChI=1S/C12H13FN2OS/c1-7-6-16-12(15-7)17-11-9(8(2)14)4-3-5-10(11)13/h3-6,8H,14H2,1-2H3. The molecule has 0 spiro atoms. The van der Waals surface area contributed by atoms with Gasteiger partial charge in [0.05, 0.1) is 10.6 Å².